The maximum absolute atomic E-state index is 6.14. The summed E-state index contributed by atoms with van der Waals surface area (Å²) in [5.74, 6) is 1.34. The Bertz CT molecular complexity index is 1060. The zero-order chi connectivity index (χ0) is 17.4. The van der Waals surface area contributed by atoms with Crippen molar-refractivity contribution in [1.82, 2.24) is 24.7 Å². The van der Waals surface area contributed by atoms with Crippen LogP contribution in [0.4, 0.5) is 0 Å². The Morgan fingerprint density at radius 2 is 1.92 bits per heavy atom. The number of nitrogens with zero attached hydrogens (tertiary/aromatic N) is 5. The third-order valence-electron chi connectivity index (χ3n) is 3.30. The summed E-state index contributed by atoms with van der Waals surface area (Å²) in [6.45, 7) is 0. The molecule has 10 heteroatoms. The molecule has 1 aromatic carbocycles. The first-order chi connectivity index (χ1) is 12.1. The Hall–Kier alpha value is -1.80. The van der Waals surface area contributed by atoms with Crippen LogP contribution in [0.3, 0.4) is 0 Å². The van der Waals surface area contributed by atoms with Gasteiger partial charge < -0.3 is 4.52 Å². The number of fused-ring (bicyclic) bond motifs is 1. The van der Waals surface area contributed by atoms with Gasteiger partial charge in [-0.3, -0.25) is 4.40 Å². The number of benzene rings is 1. The van der Waals surface area contributed by atoms with Gasteiger partial charge in [-0.25, -0.2) is 0 Å². The van der Waals surface area contributed by atoms with Gasteiger partial charge in [0.15, 0.2) is 16.6 Å². The van der Waals surface area contributed by atoms with Gasteiger partial charge in [-0.2, -0.15) is 4.98 Å². The highest BCUT2D eigenvalue weighted by Crippen LogP contribution is 2.29. The van der Waals surface area contributed by atoms with Gasteiger partial charge in [0.05, 0.1) is 26.4 Å². The van der Waals surface area contributed by atoms with Crippen LogP contribution < -0.4 is 0 Å². The van der Waals surface area contributed by atoms with Gasteiger partial charge in [0, 0.05) is 6.20 Å². The van der Waals surface area contributed by atoms with Gasteiger partial charge in [-0.1, -0.05) is 63.9 Å². The third kappa shape index (κ3) is 3.32. The van der Waals surface area contributed by atoms with Gasteiger partial charge in [-0.15, -0.1) is 10.2 Å². The molecule has 0 fully saturated rings. The lowest BCUT2D eigenvalue weighted by Crippen LogP contribution is -1.90. The molecule has 0 aliphatic rings. The Kier molecular flexibility index (Phi) is 4.56. The van der Waals surface area contributed by atoms with Gasteiger partial charge in [-0.05, 0) is 18.2 Å². The maximum Gasteiger partial charge on any atom is 0.259 e. The summed E-state index contributed by atoms with van der Waals surface area (Å²) < 4.78 is 7.01. The van der Waals surface area contributed by atoms with E-state index in [9.17, 15) is 0 Å². The van der Waals surface area contributed by atoms with Crippen LogP contribution in [0, 0.1) is 0 Å². The van der Waals surface area contributed by atoms with E-state index < -0.39 is 0 Å². The molecule has 0 aliphatic heterocycles. The highest BCUT2D eigenvalue weighted by atomic mass is 35.5. The Balaban J connectivity index is 1.56. The van der Waals surface area contributed by atoms with Gasteiger partial charge in [0.25, 0.3) is 5.89 Å². The first-order valence-corrected chi connectivity index (χ1v) is 9.14. The molecule has 25 heavy (non-hydrogen) atoms. The van der Waals surface area contributed by atoms with Crippen LogP contribution in [-0.4, -0.2) is 24.7 Å². The van der Waals surface area contributed by atoms with Gasteiger partial charge in [0.2, 0.25) is 0 Å². The molecule has 3 aromatic heterocycles. The summed E-state index contributed by atoms with van der Waals surface area (Å²) in [4.78, 5) is 4.36. The topological polar surface area (TPSA) is 69.1 Å². The molecule has 3 heterocycles. The monoisotopic (exact) mass is 411 g/mol. The minimum Gasteiger partial charge on any atom is -0.334 e. The fourth-order valence-electron chi connectivity index (χ4n) is 2.19. The molecular weight excluding hydrogens is 405 g/mol. The van der Waals surface area contributed by atoms with Crippen molar-refractivity contribution in [3.63, 3.8) is 0 Å². The molecule has 0 amide bonds. The maximum atomic E-state index is 6.14. The number of thioether (sulfide) groups is 1. The standard InChI is InChI=1S/C15H8Cl3N5OS/c16-8-5-11(18)13-20-21-15(23(13)6-8)25-7-12-19-14(24-22-12)9-3-1-2-4-10(9)17/h1-6H,7H2. The van der Waals surface area contributed by atoms with Crippen LogP contribution in [-0.2, 0) is 5.75 Å². The van der Waals surface area contributed by atoms with E-state index in [1.165, 1.54) is 11.8 Å². The molecular formula is C15H8Cl3N5OS. The smallest absolute Gasteiger partial charge is 0.259 e. The summed E-state index contributed by atoms with van der Waals surface area (Å²) >= 11 is 19.7. The van der Waals surface area contributed by atoms with E-state index in [-0.39, 0.29) is 0 Å². The molecule has 0 aliphatic carbocycles. The summed E-state index contributed by atoms with van der Waals surface area (Å²) in [6.07, 6.45) is 1.70. The van der Waals surface area contributed by atoms with Crippen molar-refractivity contribution in [2.45, 2.75) is 10.9 Å². The predicted molar refractivity (Wildman–Crippen MR) is 97.3 cm³/mol. The van der Waals surface area contributed by atoms with Gasteiger partial charge in [0.1, 0.15) is 0 Å². The predicted octanol–water partition coefficient (Wildman–Crippen LogP) is 5.03. The number of halogens is 3. The molecule has 0 bridgehead atoms. The number of rotatable bonds is 4. The molecule has 6 nitrogen and oxygen atoms in total. The Labute approximate surface area is 161 Å². The SMILES string of the molecule is Clc1cc(Cl)c2nnc(SCc3noc(-c4ccccc4Cl)n3)n2c1. The zero-order valence-electron chi connectivity index (χ0n) is 12.4. The molecule has 4 aromatic rings. The normalized spacial score (nSPS) is 11.3. The number of pyridine rings is 1. The fourth-order valence-corrected chi connectivity index (χ4v) is 3.66. The average molecular weight is 413 g/mol. The van der Waals surface area contributed by atoms with Crippen molar-refractivity contribution in [3.8, 4) is 11.5 Å². The molecule has 0 radical (unpaired) electrons. The Morgan fingerprint density at radius 1 is 1.08 bits per heavy atom. The van der Waals surface area contributed by atoms with Crippen LogP contribution in [0.2, 0.25) is 15.1 Å². The summed E-state index contributed by atoms with van der Waals surface area (Å²) in [5, 5.41) is 14.3. The van der Waals surface area contributed by atoms with Crippen molar-refractivity contribution in [2.75, 3.05) is 0 Å². The van der Waals surface area contributed by atoms with E-state index in [0.717, 1.165) is 0 Å². The molecule has 126 valence electrons. The van der Waals surface area contributed by atoms with Crippen molar-refractivity contribution >= 4 is 52.2 Å². The van der Waals surface area contributed by atoms with E-state index in [1.807, 2.05) is 18.2 Å². The zero-order valence-corrected chi connectivity index (χ0v) is 15.4. The highest BCUT2D eigenvalue weighted by molar-refractivity contribution is 7.98. The second kappa shape index (κ2) is 6.84. The molecule has 0 spiro atoms. The van der Waals surface area contributed by atoms with Crippen molar-refractivity contribution in [1.29, 1.82) is 0 Å². The fraction of sp³-hybridized carbons (Fsp3) is 0.0667. The van der Waals surface area contributed by atoms with Crippen LogP contribution >= 0.6 is 46.6 Å². The second-order valence-corrected chi connectivity index (χ2v) is 7.16. The first-order valence-electron chi connectivity index (χ1n) is 7.02. The number of hydrogen-bond donors (Lipinski definition) is 0. The summed E-state index contributed by atoms with van der Waals surface area (Å²) in [7, 11) is 0. The molecule has 4 rings (SSSR count). The van der Waals surface area contributed by atoms with Crippen LogP contribution in [0.1, 0.15) is 5.82 Å². The van der Waals surface area contributed by atoms with E-state index in [2.05, 4.69) is 20.3 Å². The minimum atomic E-state index is 0.374. The molecule has 0 saturated carbocycles. The highest BCUT2D eigenvalue weighted by Gasteiger charge is 2.14. The minimum absolute atomic E-state index is 0.374. The van der Waals surface area contributed by atoms with Crippen LogP contribution in [0.25, 0.3) is 17.1 Å². The van der Waals surface area contributed by atoms with E-state index in [1.54, 1.807) is 22.7 Å². The second-order valence-electron chi connectivity index (χ2n) is 4.97. The van der Waals surface area contributed by atoms with Crippen molar-refractivity contribution in [3.05, 3.63) is 57.4 Å². The van der Waals surface area contributed by atoms with Crippen LogP contribution in [0.5, 0.6) is 0 Å². The first kappa shape index (κ1) is 16.7. The van der Waals surface area contributed by atoms with E-state index >= 15 is 0 Å². The molecule has 0 saturated heterocycles. The lowest BCUT2D eigenvalue weighted by Gasteiger charge is -2.00. The molecule has 0 unspecified atom stereocenters. The van der Waals surface area contributed by atoms with E-state index in [4.69, 9.17) is 39.3 Å². The summed E-state index contributed by atoms with van der Waals surface area (Å²) in [6, 6.07) is 8.91. The van der Waals surface area contributed by atoms with Crippen molar-refractivity contribution < 1.29 is 4.52 Å². The summed E-state index contributed by atoms with van der Waals surface area (Å²) in [5.41, 5.74) is 1.23. The lowest BCUT2D eigenvalue weighted by atomic mass is 10.2. The lowest BCUT2D eigenvalue weighted by molar-refractivity contribution is 0.425. The number of hydrogen-bond acceptors (Lipinski definition) is 6. The van der Waals surface area contributed by atoms with Crippen molar-refractivity contribution in [2.24, 2.45) is 0 Å². The molecule has 0 N–H and O–H groups in total. The Morgan fingerprint density at radius 3 is 2.76 bits per heavy atom. The quantitative estimate of drug-likeness (QED) is 0.438. The van der Waals surface area contributed by atoms with Gasteiger partial charge >= 0.3 is 0 Å². The molecule has 0 atom stereocenters. The largest absolute Gasteiger partial charge is 0.334 e. The third-order valence-corrected chi connectivity index (χ3v) is 5.05. The number of aromatic nitrogens is 5. The van der Waals surface area contributed by atoms with E-state index in [0.29, 0.717) is 48.9 Å². The average Bonchev–Trinajstić information content (AvgIpc) is 3.20. The van der Waals surface area contributed by atoms with Crippen LogP contribution in [0.15, 0.2) is 46.2 Å².